The number of nitrogens with one attached hydrogen (secondary N) is 1. The second kappa shape index (κ2) is 5.26. The molecule has 2 aromatic heterocycles. The van der Waals surface area contributed by atoms with Crippen LogP contribution in [0.3, 0.4) is 0 Å². The third-order valence-electron chi connectivity index (χ3n) is 2.85. The number of pyridine rings is 1. The van der Waals surface area contributed by atoms with E-state index >= 15 is 0 Å². The van der Waals surface area contributed by atoms with E-state index in [4.69, 9.17) is 16.6 Å². The van der Waals surface area contributed by atoms with E-state index in [2.05, 4.69) is 10.3 Å². The van der Waals surface area contributed by atoms with Crippen LogP contribution in [0.1, 0.15) is 11.3 Å². The summed E-state index contributed by atoms with van der Waals surface area (Å²) in [5, 5.41) is 3.29. The van der Waals surface area contributed by atoms with Crippen molar-refractivity contribution >= 4 is 29.3 Å². The van der Waals surface area contributed by atoms with Crippen LogP contribution < -0.4 is 5.32 Å². The van der Waals surface area contributed by atoms with Crippen molar-refractivity contribution in [2.75, 3.05) is 0 Å². The van der Waals surface area contributed by atoms with Gasteiger partial charge in [0.05, 0.1) is 12.8 Å². The Hall–Kier alpha value is -2.47. The average molecular weight is 285 g/mol. The minimum absolute atomic E-state index is 0.171. The maximum absolute atomic E-state index is 12.3. The molecule has 1 aliphatic heterocycles. The predicted octanol–water partition coefficient (Wildman–Crippen LogP) is 1.93. The van der Waals surface area contributed by atoms with Crippen LogP contribution in [0.25, 0.3) is 6.08 Å². The third kappa shape index (κ3) is 2.46. The van der Waals surface area contributed by atoms with E-state index in [0.717, 1.165) is 5.56 Å². The molecular formula is C14H11N3O2S. The number of hydrogen-bond donors (Lipinski definition) is 1. The van der Waals surface area contributed by atoms with E-state index in [9.17, 15) is 4.79 Å². The topological polar surface area (TPSA) is 58.4 Å². The zero-order chi connectivity index (χ0) is 13.9. The Morgan fingerprint density at radius 3 is 3.00 bits per heavy atom. The summed E-state index contributed by atoms with van der Waals surface area (Å²) in [7, 11) is 0. The molecule has 1 fully saturated rings. The van der Waals surface area contributed by atoms with Gasteiger partial charge in [0.2, 0.25) is 0 Å². The Balaban J connectivity index is 1.82. The van der Waals surface area contributed by atoms with Crippen LogP contribution in [-0.2, 0) is 11.3 Å². The molecule has 0 atom stereocenters. The molecule has 1 N–H and O–H groups in total. The van der Waals surface area contributed by atoms with Crippen molar-refractivity contribution in [3.05, 3.63) is 59.9 Å². The number of aromatic nitrogens is 1. The fourth-order valence-electron chi connectivity index (χ4n) is 1.90. The maximum atomic E-state index is 12.3. The normalized spacial score (nSPS) is 16.8. The van der Waals surface area contributed by atoms with E-state index in [1.807, 2.05) is 12.1 Å². The van der Waals surface area contributed by atoms with Gasteiger partial charge in [-0.1, -0.05) is 6.07 Å². The van der Waals surface area contributed by atoms with Gasteiger partial charge in [-0.25, -0.2) is 0 Å². The third-order valence-corrected chi connectivity index (χ3v) is 3.17. The molecule has 2 aromatic rings. The van der Waals surface area contributed by atoms with Gasteiger partial charge in [-0.2, -0.15) is 0 Å². The number of amides is 1. The molecule has 20 heavy (non-hydrogen) atoms. The van der Waals surface area contributed by atoms with Crippen LogP contribution in [0, 0.1) is 0 Å². The number of carbonyl (C=O) groups is 1. The molecule has 0 spiro atoms. The number of thiocarbonyl (C=S) groups is 1. The Labute approximate surface area is 120 Å². The van der Waals surface area contributed by atoms with E-state index in [0.29, 0.717) is 23.1 Å². The molecule has 1 amide bonds. The molecule has 5 nitrogen and oxygen atoms in total. The second-order valence-corrected chi connectivity index (χ2v) is 4.63. The van der Waals surface area contributed by atoms with E-state index in [1.54, 1.807) is 36.9 Å². The van der Waals surface area contributed by atoms with Crippen molar-refractivity contribution in [3.8, 4) is 0 Å². The highest BCUT2D eigenvalue weighted by Crippen LogP contribution is 2.16. The zero-order valence-electron chi connectivity index (χ0n) is 10.4. The molecule has 100 valence electrons. The lowest BCUT2D eigenvalue weighted by atomic mass is 10.2. The molecule has 6 heteroatoms. The Kier molecular flexibility index (Phi) is 3.30. The fraction of sp³-hybridized carbons (Fsp3) is 0.0714. The lowest BCUT2D eigenvalue weighted by Crippen LogP contribution is -2.29. The van der Waals surface area contributed by atoms with Gasteiger partial charge in [-0.15, -0.1) is 0 Å². The molecule has 3 rings (SSSR count). The van der Waals surface area contributed by atoms with Gasteiger partial charge in [0, 0.05) is 12.4 Å². The van der Waals surface area contributed by atoms with Crippen LogP contribution in [0.5, 0.6) is 0 Å². The number of nitrogens with zero attached hydrogens (tertiary/aromatic N) is 2. The van der Waals surface area contributed by atoms with Gasteiger partial charge in [0.1, 0.15) is 11.5 Å². The molecular weight excluding hydrogens is 274 g/mol. The van der Waals surface area contributed by atoms with Crippen molar-refractivity contribution in [1.29, 1.82) is 0 Å². The van der Waals surface area contributed by atoms with Gasteiger partial charge >= 0.3 is 0 Å². The first-order valence-corrected chi connectivity index (χ1v) is 6.42. The van der Waals surface area contributed by atoms with Crippen molar-refractivity contribution in [2.45, 2.75) is 6.54 Å². The maximum Gasteiger partial charge on any atom is 0.276 e. The molecule has 1 aliphatic rings. The van der Waals surface area contributed by atoms with Gasteiger partial charge in [0.25, 0.3) is 5.91 Å². The van der Waals surface area contributed by atoms with Crippen molar-refractivity contribution in [2.24, 2.45) is 0 Å². The summed E-state index contributed by atoms with van der Waals surface area (Å²) in [6.45, 7) is 0.321. The Morgan fingerprint density at radius 2 is 2.30 bits per heavy atom. The molecule has 0 aliphatic carbocycles. The van der Waals surface area contributed by atoms with Crippen LogP contribution in [0.15, 0.2) is 53.0 Å². The van der Waals surface area contributed by atoms with Crippen LogP contribution in [-0.4, -0.2) is 20.9 Å². The lowest BCUT2D eigenvalue weighted by molar-refractivity contribution is -0.122. The minimum atomic E-state index is -0.171. The first kappa shape index (κ1) is 12.6. The molecule has 0 radical (unpaired) electrons. The summed E-state index contributed by atoms with van der Waals surface area (Å²) in [4.78, 5) is 17.8. The molecule has 0 saturated carbocycles. The summed E-state index contributed by atoms with van der Waals surface area (Å²) < 4.78 is 5.23. The molecule has 0 bridgehead atoms. The summed E-state index contributed by atoms with van der Waals surface area (Å²) in [5.41, 5.74) is 1.28. The number of carbonyl (C=O) groups excluding carboxylic acids is 1. The standard InChI is InChI=1S/C14H11N3O2S/c18-13-12(7-10-3-1-5-15-8-10)16-14(20)17(13)9-11-4-2-6-19-11/h1-8H,9H2,(H,16,20)/b12-7-. The first-order chi connectivity index (χ1) is 9.74. The number of rotatable bonds is 3. The molecule has 0 unspecified atom stereocenters. The van der Waals surface area contributed by atoms with Gasteiger partial charge in [-0.3, -0.25) is 14.7 Å². The number of furan rings is 1. The highest BCUT2D eigenvalue weighted by atomic mass is 32.1. The first-order valence-electron chi connectivity index (χ1n) is 6.01. The summed E-state index contributed by atoms with van der Waals surface area (Å²) in [5.74, 6) is 0.514. The van der Waals surface area contributed by atoms with E-state index in [-0.39, 0.29) is 5.91 Å². The van der Waals surface area contributed by atoms with Crippen LogP contribution in [0.2, 0.25) is 0 Å². The highest BCUT2D eigenvalue weighted by Gasteiger charge is 2.31. The summed E-state index contributed by atoms with van der Waals surface area (Å²) in [6, 6.07) is 7.26. The smallest absolute Gasteiger partial charge is 0.276 e. The van der Waals surface area contributed by atoms with Crippen LogP contribution in [0.4, 0.5) is 0 Å². The quantitative estimate of drug-likeness (QED) is 0.690. The fourth-order valence-corrected chi connectivity index (χ4v) is 2.16. The monoisotopic (exact) mass is 285 g/mol. The minimum Gasteiger partial charge on any atom is -0.467 e. The van der Waals surface area contributed by atoms with Gasteiger partial charge < -0.3 is 9.73 Å². The van der Waals surface area contributed by atoms with Crippen molar-refractivity contribution in [1.82, 2.24) is 15.2 Å². The summed E-state index contributed by atoms with van der Waals surface area (Å²) in [6.07, 6.45) is 6.66. The average Bonchev–Trinajstić information content (AvgIpc) is 3.05. The lowest BCUT2D eigenvalue weighted by Gasteiger charge is -2.11. The molecule has 1 saturated heterocycles. The van der Waals surface area contributed by atoms with E-state index < -0.39 is 0 Å². The Morgan fingerprint density at radius 1 is 1.40 bits per heavy atom. The van der Waals surface area contributed by atoms with Gasteiger partial charge in [-0.05, 0) is 42.1 Å². The molecule has 0 aromatic carbocycles. The van der Waals surface area contributed by atoms with Crippen molar-refractivity contribution < 1.29 is 9.21 Å². The largest absolute Gasteiger partial charge is 0.467 e. The zero-order valence-corrected chi connectivity index (χ0v) is 11.3. The second-order valence-electron chi connectivity index (χ2n) is 4.25. The van der Waals surface area contributed by atoms with Gasteiger partial charge in [0.15, 0.2) is 5.11 Å². The van der Waals surface area contributed by atoms with E-state index in [1.165, 1.54) is 4.90 Å². The number of hydrogen-bond acceptors (Lipinski definition) is 4. The van der Waals surface area contributed by atoms with Crippen LogP contribution >= 0.6 is 12.2 Å². The predicted molar refractivity (Wildman–Crippen MR) is 77.2 cm³/mol. The summed E-state index contributed by atoms with van der Waals surface area (Å²) >= 11 is 5.18. The highest BCUT2D eigenvalue weighted by molar-refractivity contribution is 7.80. The SMILES string of the molecule is O=C1/C(=C/c2cccnc2)NC(=S)N1Cc1ccco1. The molecule has 3 heterocycles. The Bertz CT molecular complexity index is 665. The van der Waals surface area contributed by atoms with Crippen molar-refractivity contribution in [3.63, 3.8) is 0 Å².